The second kappa shape index (κ2) is 4.74. The second-order valence-corrected chi connectivity index (χ2v) is 3.59. The van der Waals surface area contributed by atoms with E-state index in [4.69, 9.17) is 20.9 Å². The van der Waals surface area contributed by atoms with Crippen molar-refractivity contribution in [2.45, 2.75) is 12.5 Å². The zero-order valence-electron chi connectivity index (χ0n) is 8.93. The van der Waals surface area contributed by atoms with Crippen molar-refractivity contribution < 1.29 is 9.47 Å². The van der Waals surface area contributed by atoms with E-state index in [1.54, 1.807) is 0 Å². The number of nitrogens with zero attached hydrogens (tertiary/aromatic N) is 1. The van der Waals surface area contributed by atoms with Gasteiger partial charge < -0.3 is 20.9 Å². The highest BCUT2D eigenvalue weighted by Gasteiger charge is 2.19. The summed E-state index contributed by atoms with van der Waals surface area (Å²) in [7, 11) is 0. The van der Waals surface area contributed by atoms with Crippen molar-refractivity contribution in [3.8, 4) is 11.5 Å². The van der Waals surface area contributed by atoms with Crippen LogP contribution >= 0.6 is 0 Å². The van der Waals surface area contributed by atoms with E-state index in [9.17, 15) is 0 Å². The molecule has 0 bridgehead atoms. The van der Waals surface area contributed by atoms with Crippen molar-refractivity contribution in [2.24, 2.45) is 16.5 Å². The van der Waals surface area contributed by atoms with Crippen molar-refractivity contribution in [3.05, 3.63) is 24.3 Å². The zero-order chi connectivity index (χ0) is 11.4. The molecule has 1 aliphatic heterocycles. The molecule has 1 unspecified atom stereocenters. The largest absolute Gasteiger partial charge is 0.486 e. The fourth-order valence-corrected chi connectivity index (χ4v) is 1.54. The Hall–Kier alpha value is -1.91. The predicted octanol–water partition coefficient (Wildman–Crippen LogP) is 0.490. The first-order valence-corrected chi connectivity index (χ1v) is 5.19. The van der Waals surface area contributed by atoms with Gasteiger partial charge in [0.2, 0.25) is 0 Å². The minimum absolute atomic E-state index is 0.0120. The minimum atomic E-state index is 0.0120. The van der Waals surface area contributed by atoms with Gasteiger partial charge in [0.05, 0.1) is 0 Å². The van der Waals surface area contributed by atoms with E-state index in [-0.39, 0.29) is 12.1 Å². The Balaban J connectivity index is 1.90. The van der Waals surface area contributed by atoms with E-state index in [0.717, 1.165) is 17.9 Å². The summed E-state index contributed by atoms with van der Waals surface area (Å²) in [6.45, 7) is 1.09. The van der Waals surface area contributed by atoms with Gasteiger partial charge in [0.25, 0.3) is 0 Å². The number of fused-ring (bicyclic) bond motifs is 1. The van der Waals surface area contributed by atoms with Gasteiger partial charge in [-0.2, -0.15) is 0 Å². The number of rotatable bonds is 3. The van der Waals surface area contributed by atoms with E-state index in [0.29, 0.717) is 13.2 Å². The molecule has 1 atom stereocenters. The van der Waals surface area contributed by atoms with Crippen molar-refractivity contribution >= 4 is 5.96 Å². The summed E-state index contributed by atoms with van der Waals surface area (Å²) in [5, 5.41) is 0. The molecule has 0 saturated heterocycles. The number of hydrogen-bond acceptors (Lipinski definition) is 3. The Labute approximate surface area is 94.1 Å². The molecule has 0 spiro atoms. The molecular weight excluding hydrogens is 206 g/mol. The molecular formula is C11H15N3O2. The smallest absolute Gasteiger partial charge is 0.185 e. The van der Waals surface area contributed by atoms with Crippen LogP contribution in [0.1, 0.15) is 6.42 Å². The third-order valence-corrected chi connectivity index (χ3v) is 2.31. The summed E-state index contributed by atoms with van der Waals surface area (Å²) < 4.78 is 11.3. The Bertz CT molecular complexity index is 389. The van der Waals surface area contributed by atoms with Gasteiger partial charge in [0.15, 0.2) is 17.5 Å². The van der Waals surface area contributed by atoms with E-state index in [1.807, 2.05) is 24.3 Å². The number of nitrogens with two attached hydrogens (primary N) is 2. The van der Waals surface area contributed by atoms with Crippen LogP contribution in [0.15, 0.2) is 29.3 Å². The van der Waals surface area contributed by atoms with Crippen LogP contribution < -0.4 is 20.9 Å². The number of aliphatic imine (C=N–C) groups is 1. The van der Waals surface area contributed by atoms with Gasteiger partial charge in [0.1, 0.15) is 12.7 Å². The maximum Gasteiger partial charge on any atom is 0.185 e. The lowest BCUT2D eigenvalue weighted by Crippen LogP contribution is -2.30. The molecule has 86 valence electrons. The monoisotopic (exact) mass is 221 g/mol. The van der Waals surface area contributed by atoms with Crippen molar-refractivity contribution in [2.75, 3.05) is 13.2 Å². The Morgan fingerprint density at radius 1 is 1.31 bits per heavy atom. The van der Waals surface area contributed by atoms with Crippen LogP contribution in [0.3, 0.4) is 0 Å². The lowest BCUT2D eigenvalue weighted by molar-refractivity contribution is 0.0867. The van der Waals surface area contributed by atoms with Crippen molar-refractivity contribution in [1.82, 2.24) is 0 Å². The third-order valence-electron chi connectivity index (χ3n) is 2.31. The van der Waals surface area contributed by atoms with Gasteiger partial charge in [-0.1, -0.05) is 12.1 Å². The van der Waals surface area contributed by atoms with Gasteiger partial charge >= 0.3 is 0 Å². The van der Waals surface area contributed by atoms with Crippen LogP contribution in [0.2, 0.25) is 0 Å². The Kier molecular flexibility index (Phi) is 3.14. The lowest BCUT2D eigenvalue weighted by atomic mass is 10.2. The molecule has 5 nitrogen and oxygen atoms in total. The molecule has 2 rings (SSSR count). The molecule has 16 heavy (non-hydrogen) atoms. The first kappa shape index (κ1) is 10.6. The van der Waals surface area contributed by atoms with Crippen LogP contribution in [0.4, 0.5) is 0 Å². The SMILES string of the molecule is NC(N)=NCCC1COc2ccccc2O1. The van der Waals surface area contributed by atoms with E-state index in [1.165, 1.54) is 0 Å². The van der Waals surface area contributed by atoms with Crippen LogP contribution in [0.5, 0.6) is 11.5 Å². The summed E-state index contributed by atoms with van der Waals surface area (Å²) in [6.07, 6.45) is 0.754. The Morgan fingerprint density at radius 3 is 2.81 bits per heavy atom. The number of benzene rings is 1. The number of ether oxygens (including phenoxy) is 2. The molecule has 0 aliphatic carbocycles. The molecule has 0 aromatic heterocycles. The molecule has 5 heteroatoms. The molecule has 4 N–H and O–H groups in total. The number of para-hydroxylation sites is 2. The maximum absolute atomic E-state index is 5.74. The zero-order valence-corrected chi connectivity index (χ0v) is 8.93. The average molecular weight is 221 g/mol. The molecule has 0 amide bonds. The molecule has 1 aromatic rings. The molecule has 1 aromatic carbocycles. The normalized spacial score (nSPS) is 17.9. The summed E-state index contributed by atoms with van der Waals surface area (Å²) in [4.78, 5) is 3.91. The van der Waals surface area contributed by atoms with Crippen LogP contribution in [0, 0.1) is 0 Å². The molecule has 0 saturated carbocycles. The molecule has 1 heterocycles. The number of hydrogen-bond donors (Lipinski definition) is 2. The average Bonchev–Trinajstić information content (AvgIpc) is 2.28. The van der Waals surface area contributed by atoms with Gasteiger partial charge in [-0.05, 0) is 12.1 Å². The molecule has 0 radical (unpaired) electrons. The van der Waals surface area contributed by atoms with Gasteiger partial charge in [0, 0.05) is 13.0 Å². The van der Waals surface area contributed by atoms with Crippen molar-refractivity contribution in [1.29, 1.82) is 0 Å². The van der Waals surface area contributed by atoms with Crippen LogP contribution in [0.25, 0.3) is 0 Å². The van der Waals surface area contributed by atoms with Crippen LogP contribution in [-0.4, -0.2) is 25.2 Å². The first-order chi connectivity index (χ1) is 7.75. The third kappa shape index (κ3) is 2.56. The predicted molar refractivity (Wildman–Crippen MR) is 61.6 cm³/mol. The maximum atomic E-state index is 5.74. The number of guanidine groups is 1. The summed E-state index contributed by atoms with van der Waals surface area (Å²) >= 11 is 0. The highest BCUT2D eigenvalue weighted by Crippen LogP contribution is 2.31. The van der Waals surface area contributed by atoms with Crippen molar-refractivity contribution in [3.63, 3.8) is 0 Å². The van der Waals surface area contributed by atoms with E-state index in [2.05, 4.69) is 4.99 Å². The second-order valence-electron chi connectivity index (χ2n) is 3.59. The molecule has 1 aliphatic rings. The van der Waals surface area contributed by atoms with Crippen LogP contribution in [-0.2, 0) is 0 Å². The Morgan fingerprint density at radius 2 is 2.06 bits per heavy atom. The quantitative estimate of drug-likeness (QED) is 0.574. The van der Waals surface area contributed by atoms with E-state index >= 15 is 0 Å². The highest BCUT2D eigenvalue weighted by molar-refractivity contribution is 5.75. The summed E-state index contributed by atoms with van der Waals surface area (Å²) in [5.74, 6) is 1.68. The summed E-state index contributed by atoms with van der Waals surface area (Å²) in [5.41, 5.74) is 10.5. The van der Waals surface area contributed by atoms with Gasteiger partial charge in [-0.3, -0.25) is 4.99 Å². The minimum Gasteiger partial charge on any atom is -0.486 e. The van der Waals surface area contributed by atoms with Gasteiger partial charge in [-0.25, -0.2) is 0 Å². The standard InChI is InChI=1S/C11H15N3O2/c12-11(13)14-6-5-8-7-15-9-3-1-2-4-10(9)16-8/h1-4,8H,5-7H2,(H4,12,13,14). The topological polar surface area (TPSA) is 82.9 Å². The fourth-order valence-electron chi connectivity index (χ4n) is 1.54. The first-order valence-electron chi connectivity index (χ1n) is 5.19. The van der Waals surface area contributed by atoms with E-state index < -0.39 is 0 Å². The molecule has 0 fully saturated rings. The summed E-state index contributed by atoms with van der Waals surface area (Å²) in [6, 6.07) is 7.62. The highest BCUT2D eigenvalue weighted by atomic mass is 16.6. The lowest BCUT2D eigenvalue weighted by Gasteiger charge is -2.25. The van der Waals surface area contributed by atoms with Gasteiger partial charge in [-0.15, -0.1) is 0 Å². The fraction of sp³-hybridized carbons (Fsp3) is 0.364.